The van der Waals surface area contributed by atoms with Crippen molar-refractivity contribution in [1.82, 2.24) is 15.2 Å². The summed E-state index contributed by atoms with van der Waals surface area (Å²) in [4.78, 5) is 4.16. The molecule has 15 heavy (non-hydrogen) atoms. The molecule has 0 bridgehead atoms. The number of anilines is 1. The molecule has 0 saturated heterocycles. The number of thioether (sulfide) groups is 1. The van der Waals surface area contributed by atoms with E-state index in [1.807, 2.05) is 12.1 Å². The minimum absolute atomic E-state index is 0.523. The summed E-state index contributed by atoms with van der Waals surface area (Å²) < 4.78 is 5.22. The van der Waals surface area contributed by atoms with Crippen molar-refractivity contribution in [2.75, 3.05) is 5.73 Å². The highest BCUT2D eigenvalue weighted by Gasteiger charge is 2.04. The van der Waals surface area contributed by atoms with E-state index >= 15 is 0 Å². The summed E-state index contributed by atoms with van der Waals surface area (Å²) in [6.07, 6.45) is 0. The largest absolute Gasteiger partial charge is 0.416 e. The number of pyridine rings is 1. The molecule has 0 amide bonds. The fourth-order valence-electron chi connectivity index (χ4n) is 1.05. The lowest BCUT2D eigenvalue weighted by atomic mass is 10.4. The minimum Gasteiger partial charge on any atom is -0.416 e. The third-order valence-corrected chi connectivity index (χ3v) is 2.53. The molecule has 0 aliphatic heterocycles. The maximum absolute atomic E-state index is 5.56. The van der Waals surface area contributed by atoms with E-state index in [0.717, 1.165) is 5.69 Å². The zero-order valence-electron chi connectivity index (χ0n) is 8.17. The van der Waals surface area contributed by atoms with Crippen LogP contribution in [0.2, 0.25) is 0 Å². The predicted octanol–water partition coefficient (Wildman–Crippen LogP) is 1.65. The van der Waals surface area contributed by atoms with Gasteiger partial charge in [-0.15, -0.1) is 10.2 Å². The monoisotopic (exact) mass is 222 g/mol. The van der Waals surface area contributed by atoms with E-state index in [4.69, 9.17) is 10.2 Å². The molecule has 2 aromatic rings. The predicted molar refractivity (Wildman–Crippen MR) is 57.2 cm³/mol. The van der Waals surface area contributed by atoms with Crippen LogP contribution in [0.15, 0.2) is 27.8 Å². The molecule has 0 radical (unpaired) electrons. The molecule has 78 valence electrons. The standard InChI is InChI=1S/C9H10N4OS/c1-6-12-13-9(14-6)15-5-7-3-2-4-8(10)11-7/h2-4H,5H2,1H3,(H2,10,11). The third-order valence-electron chi connectivity index (χ3n) is 1.68. The highest BCUT2D eigenvalue weighted by atomic mass is 32.2. The molecule has 0 unspecified atom stereocenters. The van der Waals surface area contributed by atoms with Crippen molar-refractivity contribution >= 4 is 17.6 Å². The van der Waals surface area contributed by atoms with Gasteiger partial charge in [-0.05, 0) is 12.1 Å². The van der Waals surface area contributed by atoms with E-state index in [0.29, 0.717) is 22.7 Å². The van der Waals surface area contributed by atoms with Gasteiger partial charge in [0, 0.05) is 12.7 Å². The van der Waals surface area contributed by atoms with Crippen LogP contribution in [0.5, 0.6) is 0 Å². The SMILES string of the molecule is Cc1nnc(SCc2cccc(N)n2)o1. The van der Waals surface area contributed by atoms with Crippen LogP contribution < -0.4 is 5.73 Å². The summed E-state index contributed by atoms with van der Waals surface area (Å²) in [5.41, 5.74) is 6.46. The number of nitrogen functional groups attached to an aromatic ring is 1. The van der Waals surface area contributed by atoms with Crippen molar-refractivity contribution in [3.8, 4) is 0 Å². The molecule has 0 fully saturated rings. The molecule has 2 N–H and O–H groups in total. The number of nitrogens with two attached hydrogens (primary N) is 1. The van der Waals surface area contributed by atoms with Gasteiger partial charge in [0.2, 0.25) is 5.89 Å². The first-order chi connectivity index (χ1) is 7.24. The smallest absolute Gasteiger partial charge is 0.276 e. The Balaban J connectivity index is 1.99. The van der Waals surface area contributed by atoms with Crippen LogP contribution >= 0.6 is 11.8 Å². The molecule has 2 aromatic heterocycles. The van der Waals surface area contributed by atoms with Gasteiger partial charge in [-0.2, -0.15) is 0 Å². The second-order valence-electron chi connectivity index (χ2n) is 2.93. The van der Waals surface area contributed by atoms with Crippen molar-refractivity contribution in [3.63, 3.8) is 0 Å². The maximum Gasteiger partial charge on any atom is 0.276 e. The molecule has 0 atom stereocenters. The lowest BCUT2D eigenvalue weighted by molar-refractivity contribution is 0.429. The van der Waals surface area contributed by atoms with E-state index in [9.17, 15) is 0 Å². The summed E-state index contributed by atoms with van der Waals surface area (Å²) in [6, 6.07) is 5.54. The molecule has 0 aliphatic carbocycles. The van der Waals surface area contributed by atoms with E-state index in [1.54, 1.807) is 13.0 Å². The van der Waals surface area contributed by atoms with Gasteiger partial charge in [-0.25, -0.2) is 4.98 Å². The van der Waals surface area contributed by atoms with E-state index in [1.165, 1.54) is 11.8 Å². The molecular formula is C9H10N4OS. The molecule has 0 aromatic carbocycles. The molecule has 0 saturated carbocycles. The Bertz CT molecular complexity index is 457. The van der Waals surface area contributed by atoms with Crippen LogP contribution in [0.4, 0.5) is 5.82 Å². The van der Waals surface area contributed by atoms with E-state index in [2.05, 4.69) is 15.2 Å². The summed E-state index contributed by atoms with van der Waals surface area (Å²) in [6.45, 7) is 1.76. The van der Waals surface area contributed by atoms with Gasteiger partial charge in [0.25, 0.3) is 5.22 Å². The van der Waals surface area contributed by atoms with Crippen molar-refractivity contribution in [2.24, 2.45) is 0 Å². The van der Waals surface area contributed by atoms with Crippen LogP contribution in [0.1, 0.15) is 11.6 Å². The number of aromatic nitrogens is 3. The first-order valence-corrected chi connectivity index (χ1v) is 5.37. The number of rotatable bonds is 3. The Morgan fingerprint density at radius 3 is 2.93 bits per heavy atom. The lowest BCUT2D eigenvalue weighted by Gasteiger charge is -1.98. The Kier molecular flexibility index (Phi) is 2.86. The Morgan fingerprint density at radius 1 is 1.40 bits per heavy atom. The van der Waals surface area contributed by atoms with Crippen molar-refractivity contribution in [2.45, 2.75) is 17.9 Å². The average molecular weight is 222 g/mol. The molecule has 6 heteroatoms. The van der Waals surface area contributed by atoms with Gasteiger partial charge in [-0.3, -0.25) is 0 Å². The normalized spacial score (nSPS) is 10.5. The Morgan fingerprint density at radius 2 is 2.27 bits per heavy atom. The van der Waals surface area contributed by atoms with E-state index in [-0.39, 0.29) is 0 Å². The third kappa shape index (κ3) is 2.69. The van der Waals surface area contributed by atoms with Crippen LogP contribution in [-0.2, 0) is 5.75 Å². The first-order valence-electron chi connectivity index (χ1n) is 4.38. The van der Waals surface area contributed by atoms with Crippen molar-refractivity contribution < 1.29 is 4.42 Å². The van der Waals surface area contributed by atoms with Gasteiger partial charge >= 0.3 is 0 Å². The fourth-order valence-corrected chi connectivity index (χ4v) is 1.76. The molecular weight excluding hydrogens is 212 g/mol. The number of aryl methyl sites for hydroxylation is 1. The van der Waals surface area contributed by atoms with Gasteiger partial charge in [0.15, 0.2) is 0 Å². The topological polar surface area (TPSA) is 77.8 Å². The molecule has 0 aliphatic rings. The van der Waals surface area contributed by atoms with Gasteiger partial charge in [0.05, 0.1) is 5.69 Å². The number of nitrogens with zero attached hydrogens (tertiary/aromatic N) is 3. The number of hydrogen-bond donors (Lipinski definition) is 1. The first kappa shape index (κ1) is 9.97. The summed E-state index contributed by atoms with van der Waals surface area (Å²) in [5, 5.41) is 8.16. The van der Waals surface area contributed by atoms with Crippen LogP contribution in [0, 0.1) is 6.92 Å². The van der Waals surface area contributed by atoms with Gasteiger partial charge in [0.1, 0.15) is 5.82 Å². The molecule has 0 spiro atoms. The zero-order valence-corrected chi connectivity index (χ0v) is 8.99. The van der Waals surface area contributed by atoms with E-state index < -0.39 is 0 Å². The second kappa shape index (κ2) is 4.31. The molecule has 5 nitrogen and oxygen atoms in total. The van der Waals surface area contributed by atoms with Crippen molar-refractivity contribution in [3.05, 3.63) is 29.8 Å². The second-order valence-corrected chi connectivity index (χ2v) is 3.86. The van der Waals surface area contributed by atoms with Crippen LogP contribution in [0.3, 0.4) is 0 Å². The highest BCUT2D eigenvalue weighted by Crippen LogP contribution is 2.20. The maximum atomic E-state index is 5.56. The Hall–Kier alpha value is -1.56. The Labute approximate surface area is 91.1 Å². The van der Waals surface area contributed by atoms with Crippen molar-refractivity contribution in [1.29, 1.82) is 0 Å². The quantitative estimate of drug-likeness (QED) is 0.795. The molecule has 2 heterocycles. The summed E-state index contributed by atoms with van der Waals surface area (Å²) in [5.74, 6) is 1.76. The molecule has 2 rings (SSSR count). The van der Waals surface area contributed by atoms with Crippen LogP contribution in [-0.4, -0.2) is 15.2 Å². The van der Waals surface area contributed by atoms with Gasteiger partial charge in [-0.1, -0.05) is 17.8 Å². The number of hydrogen-bond acceptors (Lipinski definition) is 6. The lowest BCUT2D eigenvalue weighted by Crippen LogP contribution is -1.93. The average Bonchev–Trinajstić information content (AvgIpc) is 2.62. The van der Waals surface area contributed by atoms with Gasteiger partial charge < -0.3 is 10.2 Å². The zero-order chi connectivity index (χ0) is 10.7. The summed E-state index contributed by atoms with van der Waals surface area (Å²) >= 11 is 1.44. The van der Waals surface area contributed by atoms with Crippen LogP contribution in [0.25, 0.3) is 0 Å². The minimum atomic E-state index is 0.523. The fraction of sp³-hybridized carbons (Fsp3) is 0.222. The summed E-state index contributed by atoms with van der Waals surface area (Å²) in [7, 11) is 0. The highest BCUT2D eigenvalue weighted by molar-refractivity contribution is 7.98.